The summed E-state index contributed by atoms with van der Waals surface area (Å²) in [6, 6.07) is -0.753. The summed E-state index contributed by atoms with van der Waals surface area (Å²) in [6.45, 7) is 3.01. The van der Waals surface area contributed by atoms with Gasteiger partial charge in [-0.3, -0.25) is 19.8 Å². The van der Waals surface area contributed by atoms with E-state index in [1.807, 2.05) is 4.90 Å². The summed E-state index contributed by atoms with van der Waals surface area (Å²) < 4.78 is 0. The van der Waals surface area contributed by atoms with Crippen LogP contribution in [0.15, 0.2) is 0 Å². The topological polar surface area (TPSA) is 81.8 Å². The summed E-state index contributed by atoms with van der Waals surface area (Å²) in [5.41, 5.74) is 0. The summed E-state index contributed by atoms with van der Waals surface area (Å²) >= 11 is 0. The summed E-state index contributed by atoms with van der Waals surface area (Å²) in [6.07, 6.45) is 1.64. The largest absolute Gasteiger partial charge is 0.347 e. The molecule has 0 aliphatic carbocycles. The lowest BCUT2D eigenvalue weighted by Crippen LogP contribution is -2.49. The second kappa shape index (κ2) is 7.08. The molecule has 0 radical (unpaired) electrons. The molecule has 0 aromatic rings. The molecule has 0 spiro atoms. The van der Waals surface area contributed by atoms with E-state index in [1.54, 1.807) is 21.0 Å². The molecule has 1 heterocycles. The molecule has 1 fully saturated rings. The number of likely N-dealkylation sites (N-methyl/N-ethyl adjacent to an activating group) is 1. The molecule has 1 rings (SSSR count). The van der Waals surface area contributed by atoms with Crippen LogP contribution in [-0.4, -0.2) is 67.4 Å². The first-order valence-electron chi connectivity index (χ1n) is 6.48. The highest BCUT2D eigenvalue weighted by Crippen LogP contribution is 2.18. The molecule has 0 unspecified atom stereocenters. The van der Waals surface area contributed by atoms with Crippen molar-refractivity contribution in [3.05, 3.63) is 0 Å². The summed E-state index contributed by atoms with van der Waals surface area (Å²) in [5.74, 6) is -0.382. The van der Waals surface area contributed by atoms with Crippen LogP contribution in [0.3, 0.4) is 0 Å². The van der Waals surface area contributed by atoms with Crippen molar-refractivity contribution >= 4 is 17.8 Å². The number of imide groups is 1. The highest BCUT2D eigenvalue weighted by molar-refractivity contribution is 5.95. The molecule has 2 N–H and O–H groups in total. The second-order valence-electron chi connectivity index (χ2n) is 4.77. The smallest absolute Gasteiger partial charge is 0.321 e. The number of urea groups is 1. The van der Waals surface area contributed by atoms with Crippen LogP contribution >= 0.6 is 0 Å². The molecule has 19 heavy (non-hydrogen) atoms. The Kier molecular flexibility index (Phi) is 5.75. The van der Waals surface area contributed by atoms with E-state index in [9.17, 15) is 14.4 Å². The van der Waals surface area contributed by atoms with Gasteiger partial charge in [0.25, 0.3) is 0 Å². The van der Waals surface area contributed by atoms with Crippen molar-refractivity contribution in [2.45, 2.75) is 25.8 Å². The Morgan fingerprint density at radius 1 is 1.32 bits per heavy atom. The second-order valence-corrected chi connectivity index (χ2v) is 4.77. The molecule has 7 nitrogen and oxygen atoms in total. The van der Waals surface area contributed by atoms with Crippen molar-refractivity contribution in [2.24, 2.45) is 0 Å². The van der Waals surface area contributed by atoms with Gasteiger partial charge in [-0.1, -0.05) is 0 Å². The quantitative estimate of drug-likeness (QED) is 0.713. The highest BCUT2D eigenvalue weighted by atomic mass is 16.2. The summed E-state index contributed by atoms with van der Waals surface area (Å²) in [4.78, 5) is 38.2. The van der Waals surface area contributed by atoms with Crippen LogP contribution in [0.25, 0.3) is 0 Å². The molecule has 0 saturated carbocycles. The van der Waals surface area contributed by atoms with E-state index >= 15 is 0 Å². The lowest BCUT2D eigenvalue weighted by Gasteiger charge is -2.25. The number of carbonyl (C=O) groups excluding carboxylic acids is 3. The number of rotatable bonds is 4. The molecule has 1 saturated heterocycles. The first-order valence-corrected chi connectivity index (χ1v) is 6.48. The lowest BCUT2D eigenvalue weighted by atomic mass is 10.2. The Bertz CT molecular complexity index is 357. The van der Waals surface area contributed by atoms with Gasteiger partial charge in [-0.25, -0.2) is 4.79 Å². The molecule has 0 bridgehead atoms. The van der Waals surface area contributed by atoms with Gasteiger partial charge < -0.3 is 10.2 Å². The first kappa shape index (κ1) is 15.4. The molecule has 4 amide bonds. The third-order valence-corrected chi connectivity index (χ3v) is 3.03. The standard InChI is InChI=1S/C12H22N4O3/c1-4-13-12(19)14-10(17)8-16-7-5-6-9(16)11(18)15(2)3/h9H,4-8H2,1-3H3,(H2,13,14,17,19)/t9-/m1/s1. The highest BCUT2D eigenvalue weighted by Gasteiger charge is 2.32. The molecular formula is C12H22N4O3. The van der Waals surface area contributed by atoms with Crippen molar-refractivity contribution < 1.29 is 14.4 Å². The Labute approximate surface area is 113 Å². The minimum Gasteiger partial charge on any atom is -0.347 e. The van der Waals surface area contributed by atoms with Crippen molar-refractivity contribution in [2.75, 3.05) is 33.7 Å². The number of nitrogens with one attached hydrogen (secondary N) is 2. The van der Waals surface area contributed by atoms with E-state index in [0.717, 1.165) is 12.8 Å². The zero-order valence-electron chi connectivity index (χ0n) is 11.7. The van der Waals surface area contributed by atoms with E-state index in [1.165, 1.54) is 4.90 Å². The van der Waals surface area contributed by atoms with Gasteiger partial charge in [-0.15, -0.1) is 0 Å². The van der Waals surface area contributed by atoms with Crippen LogP contribution in [0.5, 0.6) is 0 Å². The van der Waals surface area contributed by atoms with Gasteiger partial charge in [0.15, 0.2) is 0 Å². The van der Waals surface area contributed by atoms with Crippen molar-refractivity contribution in [3.63, 3.8) is 0 Å². The van der Waals surface area contributed by atoms with E-state index in [0.29, 0.717) is 13.1 Å². The molecule has 0 aromatic carbocycles. The predicted molar refractivity (Wildman–Crippen MR) is 70.5 cm³/mol. The number of likely N-dealkylation sites (tertiary alicyclic amines) is 1. The normalized spacial score (nSPS) is 19.0. The van der Waals surface area contributed by atoms with Gasteiger partial charge in [-0.05, 0) is 26.3 Å². The molecule has 1 atom stereocenters. The zero-order chi connectivity index (χ0) is 14.4. The Morgan fingerprint density at radius 3 is 2.58 bits per heavy atom. The van der Waals surface area contributed by atoms with Crippen LogP contribution in [0.1, 0.15) is 19.8 Å². The van der Waals surface area contributed by atoms with Crippen LogP contribution in [0.4, 0.5) is 4.79 Å². The van der Waals surface area contributed by atoms with E-state index < -0.39 is 6.03 Å². The fourth-order valence-electron chi connectivity index (χ4n) is 2.15. The maximum absolute atomic E-state index is 11.9. The number of hydrogen-bond acceptors (Lipinski definition) is 4. The first-order chi connectivity index (χ1) is 8.95. The third-order valence-electron chi connectivity index (χ3n) is 3.03. The maximum Gasteiger partial charge on any atom is 0.321 e. The van der Waals surface area contributed by atoms with E-state index in [2.05, 4.69) is 10.6 Å². The van der Waals surface area contributed by atoms with Crippen LogP contribution in [-0.2, 0) is 9.59 Å². The number of nitrogens with zero attached hydrogens (tertiary/aromatic N) is 2. The van der Waals surface area contributed by atoms with Gasteiger partial charge in [0.2, 0.25) is 11.8 Å². The summed E-state index contributed by atoms with van der Waals surface area (Å²) in [7, 11) is 3.40. The maximum atomic E-state index is 11.9. The molecular weight excluding hydrogens is 248 g/mol. The number of hydrogen-bond donors (Lipinski definition) is 2. The van der Waals surface area contributed by atoms with Gasteiger partial charge in [-0.2, -0.15) is 0 Å². The average molecular weight is 270 g/mol. The Hall–Kier alpha value is -1.63. The monoisotopic (exact) mass is 270 g/mol. The van der Waals surface area contributed by atoms with Crippen molar-refractivity contribution in [1.29, 1.82) is 0 Å². The lowest BCUT2D eigenvalue weighted by molar-refractivity contribution is -0.134. The van der Waals surface area contributed by atoms with Crippen LogP contribution in [0, 0.1) is 0 Å². The molecule has 108 valence electrons. The molecule has 1 aliphatic heterocycles. The molecule has 7 heteroatoms. The van der Waals surface area contributed by atoms with Crippen molar-refractivity contribution in [1.82, 2.24) is 20.4 Å². The van der Waals surface area contributed by atoms with Crippen LogP contribution < -0.4 is 10.6 Å². The zero-order valence-corrected chi connectivity index (χ0v) is 11.7. The van der Waals surface area contributed by atoms with Gasteiger partial charge >= 0.3 is 6.03 Å². The van der Waals surface area contributed by atoms with Gasteiger partial charge in [0.05, 0.1) is 12.6 Å². The third kappa shape index (κ3) is 4.51. The van der Waals surface area contributed by atoms with E-state index in [4.69, 9.17) is 0 Å². The molecule has 0 aromatic heterocycles. The van der Waals surface area contributed by atoms with Crippen molar-refractivity contribution in [3.8, 4) is 0 Å². The minimum absolute atomic E-state index is 0.00306. The SMILES string of the molecule is CCNC(=O)NC(=O)CN1CCC[C@@H]1C(=O)N(C)C. The Morgan fingerprint density at radius 2 is 2.00 bits per heavy atom. The predicted octanol–water partition coefficient (Wildman–Crippen LogP) is -0.615. The minimum atomic E-state index is -0.498. The Balaban J connectivity index is 2.49. The fraction of sp³-hybridized carbons (Fsp3) is 0.750. The van der Waals surface area contributed by atoms with Crippen LogP contribution in [0.2, 0.25) is 0 Å². The van der Waals surface area contributed by atoms with Gasteiger partial charge in [0.1, 0.15) is 0 Å². The summed E-state index contributed by atoms with van der Waals surface area (Å²) in [5, 5.41) is 4.73. The average Bonchev–Trinajstić information content (AvgIpc) is 2.75. The fourth-order valence-corrected chi connectivity index (χ4v) is 2.15. The number of amides is 4. The van der Waals surface area contributed by atoms with Gasteiger partial charge in [0, 0.05) is 20.6 Å². The molecule has 1 aliphatic rings. The number of carbonyl (C=O) groups is 3. The van der Waals surface area contributed by atoms with E-state index in [-0.39, 0.29) is 24.4 Å².